The van der Waals surface area contributed by atoms with E-state index >= 15 is 0 Å². The summed E-state index contributed by atoms with van der Waals surface area (Å²) in [5.41, 5.74) is 12.5. The first-order valence-electron chi connectivity index (χ1n) is 8.74. The van der Waals surface area contributed by atoms with Gasteiger partial charge >= 0.3 is 6.03 Å². The number of amides is 3. The summed E-state index contributed by atoms with van der Waals surface area (Å²) in [5.74, 6) is -0.195. The molecule has 0 bridgehead atoms. The quantitative estimate of drug-likeness (QED) is 0.465. The largest absolute Gasteiger partial charge is 0.475 e. The molecule has 0 saturated carbocycles. The number of thiophene rings is 1. The Morgan fingerprint density at radius 2 is 1.86 bits per heavy atom. The molecule has 0 aliphatic heterocycles. The van der Waals surface area contributed by atoms with E-state index in [0.29, 0.717) is 35.6 Å². The SMILES string of the molecule is NC(=O)Nc1sc(-c2ccc(OCCOCc3ccccc3)nc2)cc1C(N)=O. The number of hydrogen-bond donors (Lipinski definition) is 3. The van der Waals surface area contributed by atoms with E-state index in [1.54, 1.807) is 24.4 Å². The van der Waals surface area contributed by atoms with Gasteiger partial charge in [-0.15, -0.1) is 11.3 Å². The van der Waals surface area contributed by atoms with Crippen molar-refractivity contribution in [2.45, 2.75) is 6.61 Å². The van der Waals surface area contributed by atoms with Crippen LogP contribution < -0.4 is 21.5 Å². The van der Waals surface area contributed by atoms with Gasteiger partial charge in [-0.3, -0.25) is 10.1 Å². The average molecular weight is 412 g/mol. The Bertz CT molecular complexity index is 974. The fraction of sp³-hybridized carbons (Fsp3) is 0.150. The Morgan fingerprint density at radius 1 is 1.07 bits per heavy atom. The van der Waals surface area contributed by atoms with Crippen LogP contribution in [-0.4, -0.2) is 30.1 Å². The highest BCUT2D eigenvalue weighted by atomic mass is 32.1. The van der Waals surface area contributed by atoms with Crippen LogP contribution in [0.15, 0.2) is 54.7 Å². The Kier molecular flexibility index (Phi) is 6.77. The Morgan fingerprint density at radius 3 is 2.52 bits per heavy atom. The van der Waals surface area contributed by atoms with Crippen LogP contribution in [0, 0.1) is 0 Å². The highest BCUT2D eigenvalue weighted by Crippen LogP contribution is 2.35. The Balaban J connectivity index is 1.54. The second-order valence-corrected chi connectivity index (χ2v) is 7.03. The maximum atomic E-state index is 11.6. The molecule has 5 N–H and O–H groups in total. The van der Waals surface area contributed by atoms with Crippen molar-refractivity contribution < 1.29 is 19.1 Å². The van der Waals surface area contributed by atoms with Crippen molar-refractivity contribution in [1.29, 1.82) is 0 Å². The lowest BCUT2D eigenvalue weighted by atomic mass is 10.2. The number of anilines is 1. The van der Waals surface area contributed by atoms with Gasteiger partial charge in [0.1, 0.15) is 11.6 Å². The maximum absolute atomic E-state index is 11.6. The molecular weight excluding hydrogens is 392 g/mol. The smallest absolute Gasteiger partial charge is 0.317 e. The third-order valence-electron chi connectivity index (χ3n) is 3.84. The molecule has 9 heteroatoms. The van der Waals surface area contributed by atoms with E-state index in [1.165, 1.54) is 11.3 Å². The van der Waals surface area contributed by atoms with Crippen molar-refractivity contribution >= 4 is 28.3 Å². The first kappa shape index (κ1) is 20.3. The minimum atomic E-state index is -0.766. The van der Waals surface area contributed by atoms with Crippen molar-refractivity contribution in [3.8, 4) is 16.3 Å². The molecule has 2 aromatic heterocycles. The molecule has 3 amide bonds. The summed E-state index contributed by atoms with van der Waals surface area (Å²) < 4.78 is 11.1. The van der Waals surface area contributed by atoms with Gasteiger partial charge in [0.05, 0.1) is 18.8 Å². The molecular formula is C20H20N4O4S. The summed E-state index contributed by atoms with van der Waals surface area (Å²) >= 11 is 1.18. The average Bonchev–Trinajstić information content (AvgIpc) is 3.12. The van der Waals surface area contributed by atoms with Crippen LogP contribution in [0.25, 0.3) is 10.4 Å². The van der Waals surface area contributed by atoms with Crippen molar-refractivity contribution in [3.05, 3.63) is 65.9 Å². The van der Waals surface area contributed by atoms with Crippen molar-refractivity contribution in [2.24, 2.45) is 11.5 Å². The van der Waals surface area contributed by atoms with Gasteiger partial charge in [0.2, 0.25) is 5.88 Å². The third-order valence-corrected chi connectivity index (χ3v) is 4.94. The fourth-order valence-electron chi connectivity index (χ4n) is 2.50. The molecule has 29 heavy (non-hydrogen) atoms. The van der Waals surface area contributed by atoms with Gasteiger partial charge in [0.25, 0.3) is 5.91 Å². The number of benzene rings is 1. The molecule has 0 atom stereocenters. The number of nitrogens with two attached hydrogens (primary N) is 2. The lowest BCUT2D eigenvalue weighted by Gasteiger charge is -2.07. The second-order valence-electron chi connectivity index (χ2n) is 5.98. The molecule has 3 rings (SSSR count). The summed E-state index contributed by atoms with van der Waals surface area (Å²) in [6.07, 6.45) is 1.62. The molecule has 0 fully saturated rings. The molecule has 3 aromatic rings. The number of primary amides is 2. The van der Waals surface area contributed by atoms with Crippen molar-refractivity contribution in [2.75, 3.05) is 18.5 Å². The van der Waals surface area contributed by atoms with Crippen LogP contribution >= 0.6 is 11.3 Å². The van der Waals surface area contributed by atoms with Crippen LogP contribution in [0.3, 0.4) is 0 Å². The highest BCUT2D eigenvalue weighted by Gasteiger charge is 2.16. The molecule has 0 saturated heterocycles. The first-order valence-corrected chi connectivity index (χ1v) is 9.55. The van der Waals surface area contributed by atoms with Crippen LogP contribution in [0.4, 0.5) is 9.80 Å². The number of nitrogens with zero attached hydrogens (tertiary/aromatic N) is 1. The zero-order chi connectivity index (χ0) is 20.6. The van der Waals surface area contributed by atoms with Crippen LogP contribution in [0.1, 0.15) is 15.9 Å². The molecule has 0 aliphatic carbocycles. The number of rotatable bonds is 9. The van der Waals surface area contributed by atoms with Gasteiger partial charge in [-0.05, 0) is 17.7 Å². The first-order chi connectivity index (χ1) is 14.0. The van der Waals surface area contributed by atoms with Crippen LogP contribution in [0.5, 0.6) is 5.88 Å². The number of ether oxygens (including phenoxy) is 2. The van der Waals surface area contributed by atoms with Crippen LogP contribution in [0.2, 0.25) is 0 Å². The monoisotopic (exact) mass is 412 g/mol. The van der Waals surface area contributed by atoms with E-state index in [9.17, 15) is 9.59 Å². The molecule has 0 radical (unpaired) electrons. The van der Waals surface area contributed by atoms with E-state index in [1.807, 2.05) is 30.3 Å². The van der Waals surface area contributed by atoms with Crippen LogP contribution in [-0.2, 0) is 11.3 Å². The second kappa shape index (κ2) is 9.67. The number of carbonyl (C=O) groups excluding carboxylic acids is 2. The van der Waals surface area contributed by atoms with Gasteiger partial charge < -0.3 is 20.9 Å². The summed E-state index contributed by atoms with van der Waals surface area (Å²) in [7, 11) is 0. The van der Waals surface area contributed by atoms with Gasteiger partial charge in [0, 0.05) is 22.7 Å². The molecule has 150 valence electrons. The normalized spacial score (nSPS) is 10.5. The number of hydrogen-bond acceptors (Lipinski definition) is 6. The van der Waals surface area contributed by atoms with Gasteiger partial charge in [-0.2, -0.15) is 0 Å². The van der Waals surface area contributed by atoms with Gasteiger partial charge in [-0.1, -0.05) is 30.3 Å². The minimum absolute atomic E-state index is 0.194. The fourth-order valence-corrected chi connectivity index (χ4v) is 3.56. The van der Waals surface area contributed by atoms with E-state index in [0.717, 1.165) is 11.1 Å². The summed E-state index contributed by atoms with van der Waals surface area (Å²) in [5, 5.41) is 2.71. The van der Waals surface area contributed by atoms with E-state index in [-0.39, 0.29) is 5.56 Å². The zero-order valence-corrected chi connectivity index (χ0v) is 16.3. The molecule has 0 unspecified atom stereocenters. The summed E-state index contributed by atoms with van der Waals surface area (Å²) in [6.45, 7) is 1.34. The van der Waals surface area contributed by atoms with Crippen molar-refractivity contribution in [3.63, 3.8) is 0 Å². The molecule has 2 heterocycles. The molecule has 1 aromatic carbocycles. The summed E-state index contributed by atoms with van der Waals surface area (Å²) in [4.78, 5) is 27.6. The number of aromatic nitrogens is 1. The third kappa shape index (κ3) is 5.77. The standard InChI is InChI=1S/C20H20N4O4S/c21-18(25)15-10-16(29-19(15)24-20(22)26)14-6-7-17(23-11-14)28-9-8-27-12-13-4-2-1-3-5-13/h1-7,10-11H,8-9,12H2,(H2,21,25)(H3,22,24,26). The topological polar surface area (TPSA) is 130 Å². The minimum Gasteiger partial charge on any atom is -0.475 e. The Labute approximate surface area is 171 Å². The van der Waals surface area contributed by atoms with E-state index < -0.39 is 11.9 Å². The maximum Gasteiger partial charge on any atom is 0.317 e. The lowest BCUT2D eigenvalue weighted by Crippen LogP contribution is -2.21. The molecule has 0 aliphatic rings. The molecule has 8 nitrogen and oxygen atoms in total. The predicted octanol–water partition coefficient (Wildman–Crippen LogP) is 3.00. The molecule has 0 spiro atoms. The zero-order valence-electron chi connectivity index (χ0n) is 15.5. The number of nitrogens with one attached hydrogen (secondary N) is 1. The van der Waals surface area contributed by atoms with E-state index in [2.05, 4.69) is 10.3 Å². The van der Waals surface area contributed by atoms with Crippen molar-refractivity contribution in [1.82, 2.24) is 4.98 Å². The van der Waals surface area contributed by atoms with Gasteiger partial charge in [0.15, 0.2) is 0 Å². The summed E-state index contributed by atoms with van der Waals surface area (Å²) in [6, 6.07) is 14.2. The van der Waals surface area contributed by atoms with E-state index in [4.69, 9.17) is 20.9 Å². The predicted molar refractivity (Wildman–Crippen MR) is 111 cm³/mol. The van der Waals surface area contributed by atoms with Gasteiger partial charge in [-0.25, -0.2) is 9.78 Å². The number of pyridine rings is 1. The highest BCUT2D eigenvalue weighted by molar-refractivity contribution is 7.20. The Hall–Kier alpha value is -3.43. The number of urea groups is 1. The number of carbonyl (C=O) groups is 2. The lowest BCUT2D eigenvalue weighted by molar-refractivity contribution is 0.0875.